The Morgan fingerprint density at radius 2 is 2.00 bits per heavy atom. The van der Waals surface area contributed by atoms with Crippen LogP contribution < -0.4 is 4.90 Å². The van der Waals surface area contributed by atoms with Gasteiger partial charge in [-0.15, -0.1) is 0 Å². The number of nitrogens with zero attached hydrogens (tertiary/aromatic N) is 4. The quantitative estimate of drug-likeness (QED) is 0.639. The third-order valence-corrected chi connectivity index (χ3v) is 4.45. The second kappa shape index (κ2) is 7.49. The molecule has 0 amide bonds. The molecule has 0 atom stereocenters. The van der Waals surface area contributed by atoms with Crippen LogP contribution in [0.2, 0.25) is 0 Å². The van der Waals surface area contributed by atoms with Crippen molar-refractivity contribution in [1.29, 1.82) is 5.26 Å². The molecule has 1 aromatic carbocycles. The minimum atomic E-state index is 0.477. The number of pyridine rings is 1. The summed E-state index contributed by atoms with van der Waals surface area (Å²) in [6, 6.07) is 12.3. The fourth-order valence-corrected chi connectivity index (χ4v) is 3.02. The number of aromatic nitrogens is 3. The summed E-state index contributed by atoms with van der Waals surface area (Å²) >= 11 is 3.39. The van der Waals surface area contributed by atoms with Crippen LogP contribution in [0.5, 0.6) is 0 Å². The van der Waals surface area contributed by atoms with Gasteiger partial charge in [0.15, 0.2) is 11.5 Å². The summed E-state index contributed by atoms with van der Waals surface area (Å²) < 4.78 is 0.865. The number of halogens is 1. The van der Waals surface area contributed by atoms with Crippen molar-refractivity contribution in [3.63, 3.8) is 0 Å². The highest BCUT2D eigenvalue weighted by Crippen LogP contribution is 2.22. The molecule has 6 heteroatoms. The fourth-order valence-electron chi connectivity index (χ4n) is 2.69. The molecule has 0 unspecified atom stereocenters. The Kier molecular flexibility index (Phi) is 5.15. The van der Waals surface area contributed by atoms with Crippen LogP contribution in [0.1, 0.15) is 25.2 Å². The molecule has 0 aliphatic heterocycles. The Morgan fingerprint density at radius 1 is 1.28 bits per heavy atom. The molecule has 0 bridgehead atoms. The number of benzene rings is 1. The minimum absolute atomic E-state index is 0.477. The number of nitrogens with one attached hydrogen (secondary N) is 1. The summed E-state index contributed by atoms with van der Waals surface area (Å²) in [6.07, 6.45) is 3.52. The van der Waals surface area contributed by atoms with E-state index in [1.807, 2.05) is 24.3 Å². The van der Waals surface area contributed by atoms with E-state index < -0.39 is 0 Å². The summed E-state index contributed by atoms with van der Waals surface area (Å²) in [5.74, 6) is 0.524. The largest absolute Gasteiger partial charge is 0.372 e. The van der Waals surface area contributed by atoms with Crippen LogP contribution in [0.15, 0.2) is 41.0 Å². The maximum atomic E-state index is 9.52. The molecule has 2 heterocycles. The molecule has 25 heavy (non-hydrogen) atoms. The van der Waals surface area contributed by atoms with Gasteiger partial charge in [0.1, 0.15) is 6.07 Å². The predicted octanol–water partition coefficient (Wildman–Crippen LogP) is 4.63. The zero-order valence-corrected chi connectivity index (χ0v) is 15.7. The Bertz CT molecular complexity index is 946. The first-order chi connectivity index (χ1) is 12.1. The number of fused-ring (bicyclic) bond motifs is 1. The van der Waals surface area contributed by atoms with Crippen molar-refractivity contribution in [2.75, 3.05) is 18.0 Å². The van der Waals surface area contributed by atoms with Crippen molar-refractivity contribution in [3.05, 3.63) is 52.4 Å². The van der Waals surface area contributed by atoms with Gasteiger partial charge in [-0.3, -0.25) is 0 Å². The first-order valence-electron chi connectivity index (χ1n) is 8.13. The Morgan fingerprint density at radius 3 is 2.64 bits per heavy atom. The number of hydrogen-bond acceptors (Lipinski definition) is 4. The second-order valence-electron chi connectivity index (χ2n) is 5.54. The first kappa shape index (κ1) is 17.2. The molecule has 5 nitrogen and oxygen atoms in total. The first-order valence-corrected chi connectivity index (χ1v) is 8.92. The highest BCUT2D eigenvalue weighted by molar-refractivity contribution is 9.10. The van der Waals surface area contributed by atoms with E-state index in [1.54, 1.807) is 6.20 Å². The van der Waals surface area contributed by atoms with Gasteiger partial charge in [0.05, 0.1) is 11.1 Å². The molecule has 0 saturated heterocycles. The molecule has 2 aromatic heterocycles. The van der Waals surface area contributed by atoms with Crippen molar-refractivity contribution >= 4 is 44.4 Å². The van der Waals surface area contributed by atoms with Crippen LogP contribution in [0.25, 0.3) is 22.8 Å². The summed E-state index contributed by atoms with van der Waals surface area (Å²) in [5, 5.41) is 9.52. The van der Waals surface area contributed by atoms with Crippen LogP contribution in [0.4, 0.5) is 5.69 Å². The van der Waals surface area contributed by atoms with Crippen LogP contribution in [0.3, 0.4) is 0 Å². The van der Waals surface area contributed by atoms with Crippen LogP contribution >= 0.6 is 15.9 Å². The molecule has 0 radical (unpaired) electrons. The highest BCUT2D eigenvalue weighted by Gasteiger charge is 2.09. The van der Waals surface area contributed by atoms with Gasteiger partial charge in [-0.2, -0.15) is 5.26 Å². The fraction of sp³-hybridized carbons (Fsp3) is 0.211. The van der Waals surface area contributed by atoms with E-state index in [-0.39, 0.29) is 0 Å². The van der Waals surface area contributed by atoms with E-state index >= 15 is 0 Å². The molecule has 3 aromatic rings. The molecule has 0 aliphatic rings. The number of rotatable bonds is 5. The Hall–Kier alpha value is -2.65. The zero-order valence-electron chi connectivity index (χ0n) is 14.1. The number of allylic oxidation sites excluding steroid dienone is 1. The maximum Gasteiger partial charge on any atom is 0.178 e. The zero-order chi connectivity index (χ0) is 17.8. The van der Waals surface area contributed by atoms with E-state index in [1.165, 1.54) is 5.69 Å². The molecule has 126 valence electrons. The van der Waals surface area contributed by atoms with Gasteiger partial charge in [-0.1, -0.05) is 12.1 Å². The lowest BCUT2D eigenvalue weighted by molar-refractivity contribution is 0.866. The van der Waals surface area contributed by atoms with E-state index in [0.717, 1.165) is 28.6 Å². The molecular formula is C19H18BrN5. The lowest BCUT2D eigenvalue weighted by Crippen LogP contribution is -2.21. The molecule has 0 fully saturated rings. The average Bonchev–Trinajstić information content (AvgIpc) is 3.04. The molecule has 3 rings (SSSR count). The van der Waals surface area contributed by atoms with Crippen LogP contribution in [0, 0.1) is 11.3 Å². The second-order valence-corrected chi connectivity index (χ2v) is 6.46. The standard InChI is InChI=1S/C19H18BrN5/c1-3-25(4-2)16-7-5-13(6-8-16)9-14(11-21)18-23-17-10-15(20)12-22-19(17)24-18/h5-10,12H,3-4H2,1-2H3,(H,22,23,24)/b14-9+. The van der Waals surface area contributed by atoms with Gasteiger partial charge in [0.25, 0.3) is 0 Å². The van der Waals surface area contributed by atoms with E-state index in [9.17, 15) is 5.26 Å². The maximum absolute atomic E-state index is 9.52. The monoisotopic (exact) mass is 395 g/mol. The van der Waals surface area contributed by atoms with Crippen molar-refractivity contribution in [2.24, 2.45) is 0 Å². The van der Waals surface area contributed by atoms with Gasteiger partial charge in [-0.05, 0) is 59.6 Å². The van der Waals surface area contributed by atoms with Gasteiger partial charge >= 0.3 is 0 Å². The normalized spacial score (nSPS) is 11.5. The Balaban J connectivity index is 1.92. The average molecular weight is 396 g/mol. The third kappa shape index (κ3) is 3.72. The topological polar surface area (TPSA) is 68.6 Å². The molecule has 1 N–H and O–H groups in total. The van der Waals surface area contributed by atoms with E-state index in [4.69, 9.17) is 0 Å². The molecule has 0 saturated carbocycles. The number of nitriles is 1. The number of hydrogen-bond donors (Lipinski definition) is 1. The third-order valence-electron chi connectivity index (χ3n) is 4.01. The number of aromatic amines is 1. The Labute approximate surface area is 155 Å². The van der Waals surface area contributed by atoms with E-state index in [0.29, 0.717) is 17.0 Å². The van der Waals surface area contributed by atoms with Crippen molar-refractivity contribution in [3.8, 4) is 6.07 Å². The van der Waals surface area contributed by atoms with Crippen LogP contribution in [-0.4, -0.2) is 28.0 Å². The highest BCUT2D eigenvalue weighted by atomic mass is 79.9. The van der Waals surface area contributed by atoms with Gasteiger partial charge in [0, 0.05) is 29.4 Å². The van der Waals surface area contributed by atoms with Crippen molar-refractivity contribution in [1.82, 2.24) is 15.0 Å². The predicted molar refractivity (Wildman–Crippen MR) is 105 cm³/mol. The van der Waals surface area contributed by atoms with Gasteiger partial charge < -0.3 is 9.88 Å². The lowest BCUT2D eigenvalue weighted by atomic mass is 10.1. The van der Waals surface area contributed by atoms with Crippen molar-refractivity contribution in [2.45, 2.75) is 13.8 Å². The van der Waals surface area contributed by atoms with Gasteiger partial charge in [-0.25, -0.2) is 9.97 Å². The van der Waals surface area contributed by atoms with E-state index in [2.05, 4.69) is 67.8 Å². The number of imidazole rings is 1. The van der Waals surface area contributed by atoms with Crippen LogP contribution in [-0.2, 0) is 0 Å². The summed E-state index contributed by atoms with van der Waals surface area (Å²) in [7, 11) is 0. The smallest absolute Gasteiger partial charge is 0.178 e. The SMILES string of the molecule is CCN(CC)c1ccc(/C=C(\C#N)c2nc3ncc(Br)cc3[nH]2)cc1. The summed E-state index contributed by atoms with van der Waals surface area (Å²) in [5.41, 5.74) is 4.00. The van der Waals surface area contributed by atoms with Gasteiger partial charge in [0.2, 0.25) is 0 Å². The number of H-pyrrole nitrogens is 1. The molecule has 0 aliphatic carbocycles. The summed E-state index contributed by atoms with van der Waals surface area (Å²) in [4.78, 5) is 14.1. The lowest BCUT2D eigenvalue weighted by Gasteiger charge is -2.20. The molecule has 0 spiro atoms. The minimum Gasteiger partial charge on any atom is -0.372 e. The number of anilines is 1. The van der Waals surface area contributed by atoms with Crippen molar-refractivity contribution < 1.29 is 0 Å². The summed E-state index contributed by atoms with van der Waals surface area (Å²) in [6.45, 7) is 6.21. The molecular weight excluding hydrogens is 378 g/mol.